The van der Waals surface area contributed by atoms with Crippen molar-refractivity contribution in [2.24, 2.45) is 0 Å². The van der Waals surface area contributed by atoms with E-state index in [4.69, 9.17) is 0 Å². The quantitative estimate of drug-likeness (QED) is 0.780. The molecule has 1 heterocycles. The summed E-state index contributed by atoms with van der Waals surface area (Å²) >= 11 is 1.77. The Balaban J connectivity index is 1.89. The second-order valence-electron chi connectivity index (χ2n) is 4.15. The first-order valence-corrected chi connectivity index (χ1v) is 6.95. The molecule has 1 aliphatic heterocycles. The maximum Gasteiger partial charge on any atom is 0.228 e. The van der Waals surface area contributed by atoms with Crippen molar-refractivity contribution in [2.75, 3.05) is 25.9 Å². The molecule has 3 nitrogen and oxygen atoms in total. The van der Waals surface area contributed by atoms with Crippen LogP contribution in [0.2, 0.25) is 0 Å². The molecule has 0 bridgehead atoms. The summed E-state index contributed by atoms with van der Waals surface area (Å²) in [6.45, 7) is 1.69. The van der Waals surface area contributed by atoms with Gasteiger partial charge in [-0.05, 0) is 31.6 Å². The van der Waals surface area contributed by atoms with Crippen LogP contribution in [-0.4, -0.2) is 31.8 Å². The maximum atomic E-state index is 12.0. The van der Waals surface area contributed by atoms with Gasteiger partial charge in [0, 0.05) is 17.2 Å². The van der Waals surface area contributed by atoms with Crippen LogP contribution in [0.15, 0.2) is 29.2 Å². The summed E-state index contributed by atoms with van der Waals surface area (Å²) in [7, 11) is 1.92. The number of carbonyl (C=O) groups is 1. The lowest BCUT2D eigenvalue weighted by Crippen LogP contribution is -2.31. The molecule has 17 heavy (non-hydrogen) atoms. The molecule has 0 spiro atoms. The van der Waals surface area contributed by atoms with E-state index < -0.39 is 0 Å². The maximum absolute atomic E-state index is 12.0. The van der Waals surface area contributed by atoms with Crippen molar-refractivity contribution < 1.29 is 4.79 Å². The van der Waals surface area contributed by atoms with Crippen LogP contribution in [0.25, 0.3) is 0 Å². The summed E-state index contributed by atoms with van der Waals surface area (Å²) in [6, 6.07) is 8.19. The molecule has 92 valence electrons. The largest absolute Gasteiger partial charge is 0.355 e. The van der Waals surface area contributed by atoms with Crippen molar-refractivity contribution in [3.63, 3.8) is 0 Å². The summed E-state index contributed by atoms with van der Waals surface area (Å²) in [5.41, 5.74) is 1.18. The summed E-state index contributed by atoms with van der Waals surface area (Å²) in [4.78, 5) is 13.3. The molecule has 0 fully saturated rings. The van der Waals surface area contributed by atoms with Crippen LogP contribution in [0.3, 0.4) is 0 Å². The van der Waals surface area contributed by atoms with Crippen molar-refractivity contribution >= 4 is 17.7 Å². The van der Waals surface area contributed by atoms with Crippen molar-refractivity contribution in [3.8, 4) is 0 Å². The third kappa shape index (κ3) is 3.01. The van der Waals surface area contributed by atoms with Gasteiger partial charge < -0.3 is 10.6 Å². The average molecular weight is 250 g/mol. The molecular weight excluding hydrogens is 232 g/mol. The first kappa shape index (κ1) is 12.5. The van der Waals surface area contributed by atoms with E-state index in [0.29, 0.717) is 0 Å². The van der Waals surface area contributed by atoms with Crippen LogP contribution in [0.1, 0.15) is 17.9 Å². The summed E-state index contributed by atoms with van der Waals surface area (Å²) in [5, 5.41) is 6.08. The molecule has 1 aromatic rings. The molecule has 1 aromatic carbocycles. The van der Waals surface area contributed by atoms with E-state index in [9.17, 15) is 4.79 Å². The highest BCUT2D eigenvalue weighted by atomic mass is 32.2. The number of hydrogen-bond donors (Lipinski definition) is 2. The van der Waals surface area contributed by atoms with Gasteiger partial charge in [-0.25, -0.2) is 0 Å². The van der Waals surface area contributed by atoms with Gasteiger partial charge in [0.2, 0.25) is 5.91 Å². The van der Waals surface area contributed by atoms with Crippen LogP contribution in [0.5, 0.6) is 0 Å². The Bertz CT molecular complexity index is 395. The molecule has 0 saturated heterocycles. The van der Waals surface area contributed by atoms with Crippen LogP contribution in [0, 0.1) is 0 Å². The van der Waals surface area contributed by atoms with Gasteiger partial charge in [0.25, 0.3) is 0 Å². The predicted octanol–water partition coefficient (Wildman–Crippen LogP) is 1.60. The molecule has 1 unspecified atom stereocenters. The van der Waals surface area contributed by atoms with Gasteiger partial charge >= 0.3 is 0 Å². The van der Waals surface area contributed by atoms with Gasteiger partial charge in [-0.1, -0.05) is 18.2 Å². The van der Waals surface area contributed by atoms with Gasteiger partial charge in [0.1, 0.15) is 0 Å². The Labute approximate surface area is 106 Å². The van der Waals surface area contributed by atoms with Crippen LogP contribution < -0.4 is 10.6 Å². The second-order valence-corrected chi connectivity index (χ2v) is 5.21. The highest BCUT2D eigenvalue weighted by Gasteiger charge is 2.28. The zero-order chi connectivity index (χ0) is 12.1. The fourth-order valence-corrected chi connectivity index (χ4v) is 3.21. The van der Waals surface area contributed by atoms with E-state index in [1.807, 2.05) is 19.2 Å². The molecule has 2 N–H and O–H groups in total. The van der Waals surface area contributed by atoms with E-state index in [2.05, 4.69) is 22.8 Å². The van der Waals surface area contributed by atoms with E-state index in [1.54, 1.807) is 11.8 Å². The number of carbonyl (C=O) groups excluding carboxylic acids is 1. The Morgan fingerprint density at radius 2 is 2.24 bits per heavy atom. The molecule has 2 rings (SSSR count). The fraction of sp³-hybridized carbons (Fsp3) is 0.462. The Hall–Kier alpha value is -1.00. The minimum Gasteiger partial charge on any atom is -0.355 e. The minimum absolute atomic E-state index is 0.0331. The Kier molecular flexibility index (Phi) is 4.45. The van der Waals surface area contributed by atoms with Crippen LogP contribution in [-0.2, 0) is 4.79 Å². The zero-order valence-electron chi connectivity index (χ0n) is 10.0. The number of hydrogen-bond acceptors (Lipinski definition) is 3. The lowest BCUT2D eigenvalue weighted by atomic mass is 10.0. The number of benzene rings is 1. The van der Waals surface area contributed by atoms with Gasteiger partial charge in [0.15, 0.2) is 0 Å². The Morgan fingerprint density at radius 1 is 1.41 bits per heavy atom. The molecule has 0 aromatic heterocycles. The van der Waals surface area contributed by atoms with Gasteiger partial charge in [0.05, 0.1) is 5.92 Å². The van der Waals surface area contributed by atoms with Crippen molar-refractivity contribution in [1.82, 2.24) is 10.6 Å². The number of nitrogens with one attached hydrogen (secondary N) is 2. The fourth-order valence-electron chi connectivity index (χ4n) is 1.98. The third-order valence-electron chi connectivity index (χ3n) is 2.92. The monoisotopic (exact) mass is 250 g/mol. The second kappa shape index (κ2) is 6.07. The first-order valence-electron chi connectivity index (χ1n) is 5.97. The smallest absolute Gasteiger partial charge is 0.228 e. The molecule has 1 aliphatic rings. The SMILES string of the molecule is CNCCCNC(=O)C1CSc2ccccc21. The molecular formula is C13H18N2OS. The summed E-state index contributed by atoms with van der Waals surface area (Å²) in [5.74, 6) is 1.07. The number of thioether (sulfide) groups is 1. The molecule has 0 radical (unpaired) electrons. The summed E-state index contributed by atoms with van der Waals surface area (Å²) in [6.07, 6.45) is 0.976. The molecule has 1 atom stereocenters. The number of fused-ring (bicyclic) bond motifs is 1. The van der Waals surface area contributed by atoms with Crippen LogP contribution in [0.4, 0.5) is 0 Å². The zero-order valence-corrected chi connectivity index (χ0v) is 10.8. The van der Waals surface area contributed by atoms with E-state index in [-0.39, 0.29) is 11.8 Å². The van der Waals surface area contributed by atoms with Crippen LogP contribution >= 0.6 is 11.8 Å². The first-order chi connectivity index (χ1) is 8.33. The van der Waals surface area contributed by atoms with E-state index in [0.717, 1.165) is 25.3 Å². The topological polar surface area (TPSA) is 41.1 Å². The van der Waals surface area contributed by atoms with Gasteiger partial charge in [-0.2, -0.15) is 0 Å². The standard InChI is InChI=1S/C13H18N2OS/c1-14-7-4-8-15-13(16)11-9-17-12-6-3-2-5-10(11)12/h2-3,5-6,11,14H,4,7-9H2,1H3,(H,15,16). The van der Waals surface area contributed by atoms with Crippen molar-refractivity contribution in [2.45, 2.75) is 17.2 Å². The number of amides is 1. The van der Waals surface area contributed by atoms with E-state index >= 15 is 0 Å². The molecule has 0 aliphatic carbocycles. The van der Waals surface area contributed by atoms with E-state index in [1.165, 1.54) is 10.5 Å². The van der Waals surface area contributed by atoms with Gasteiger partial charge in [-0.15, -0.1) is 11.8 Å². The van der Waals surface area contributed by atoms with Crippen molar-refractivity contribution in [1.29, 1.82) is 0 Å². The average Bonchev–Trinajstić information content (AvgIpc) is 2.78. The predicted molar refractivity (Wildman–Crippen MR) is 71.5 cm³/mol. The Morgan fingerprint density at radius 3 is 3.06 bits per heavy atom. The van der Waals surface area contributed by atoms with Gasteiger partial charge in [-0.3, -0.25) is 4.79 Å². The lowest BCUT2D eigenvalue weighted by Gasteiger charge is -2.11. The molecule has 4 heteroatoms. The van der Waals surface area contributed by atoms with Crippen molar-refractivity contribution in [3.05, 3.63) is 29.8 Å². The lowest BCUT2D eigenvalue weighted by molar-refractivity contribution is -0.122. The normalized spacial score (nSPS) is 17.8. The summed E-state index contributed by atoms with van der Waals surface area (Å²) < 4.78 is 0. The molecule has 0 saturated carbocycles. The highest BCUT2D eigenvalue weighted by Crippen LogP contribution is 2.39. The third-order valence-corrected chi connectivity index (χ3v) is 4.10. The molecule has 1 amide bonds. The minimum atomic E-state index is 0.0331. The highest BCUT2D eigenvalue weighted by molar-refractivity contribution is 7.99. The number of rotatable bonds is 5.